The van der Waals surface area contributed by atoms with Crippen molar-refractivity contribution in [2.75, 3.05) is 11.9 Å². The third kappa shape index (κ3) is 5.45. The lowest BCUT2D eigenvalue weighted by Crippen LogP contribution is -2.22. The summed E-state index contributed by atoms with van der Waals surface area (Å²) >= 11 is 5.68. The lowest BCUT2D eigenvalue weighted by atomic mass is 10.1. The second-order valence-corrected chi connectivity index (χ2v) is 5.77. The number of rotatable bonds is 5. The number of halogens is 4. The molecule has 1 aromatic heterocycles. The highest BCUT2D eigenvalue weighted by Gasteiger charge is 2.31. The van der Waals surface area contributed by atoms with E-state index < -0.39 is 30.2 Å². The molecular weight excluding hydrogens is 373 g/mol. The number of carbonyl (C=O) groups is 2. The molecule has 0 unspecified atom stereocenters. The monoisotopic (exact) mass is 386 g/mol. The van der Waals surface area contributed by atoms with Crippen LogP contribution >= 0.6 is 11.6 Å². The van der Waals surface area contributed by atoms with Crippen molar-refractivity contribution >= 4 is 29.3 Å². The van der Waals surface area contributed by atoms with Crippen LogP contribution < -0.4 is 5.32 Å². The van der Waals surface area contributed by atoms with E-state index in [1.807, 2.05) is 19.1 Å². The first-order valence-corrected chi connectivity index (χ1v) is 7.77. The van der Waals surface area contributed by atoms with Crippen LogP contribution in [0.3, 0.4) is 0 Å². The van der Waals surface area contributed by atoms with E-state index in [1.54, 1.807) is 12.1 Å². The van der Waals surface area contributed by atoms with Gasteiger partial charge in [-0.15, -0.1) is 0 Å². The third-order valence-corrected chi connectivity index (χ3v) is 3.67. The molecule has 1 amide bonds. The fourth-order valence-electron chi connectivity index (χ4n) is 2.01. The van der Waals surface area contributed by atoms with Crippen molar-refractivity contribution in [1.29, 1.82) is 0 Å². The van der Waals surface area contributed by atoms with Crippen LogP contribution in [-0.2, 0) is 26.9 Å². The molecule has 2 aromatic rings. The summed E-state index contributed by atoms with van der Waals surface area (Å²) in [6.07, 6.45) is -4.05. The van der Waals surface area contributed by atoms with Crippen molar-refractivity contribution in [3.8, 4) is 0 Å². The number of aromatic nitrogens is 1. The maximum Gasteiger partial charge on any atom is 0.417 e. The molecule has 0 atom stereocenters. The predicted octanol–water partition coefficient (Wildman–Crippen LogP) is 3.79. The van der Waals surface area contributed by atoms with Crippen molar-refractivity contribution in [3.05, 3.63) is 58.2 Å². The van der Waals surface area contributed by atoms with Gasteiger partial charge in [-0.1, -0.05) is 35.9 Å². The van der Waals surface area contributed by atoms with Gasteiger partial charge < -0.3 is 10.1 Å². The van der Waals surface area contributed by atoms with Gasteiger partial charge in [-0.05, 0) is 24.1 Å². The number of nitrogens with one attached hydrogen (secondary N) is 1. The summed E-state index contributed by atoms with van der Waals surface area (Å²) in [6.45, 7) is 1.23. The van der Waals surface area contributed by atoms with Gasteiger partial charge in [0.15, 0.2) is 12.4 Å². The van der Waals surface area contributed by atoms with Gasteiger partial charge in [-0.3, -0.25) is 9.59 Å². The SMILES string of the molecule is Cc1ccccc1CC(=O)OCC(=O)Nc1ncc(C(F)(F)F)cc1Cl. The first-order chi connectivity index (χ1) is 12.2. The van der Waals surface area contributed by atoms with Crippen molar-refractivity contribution in [2.45, 2.75) is 19.5 Å². The number of hydrogen-bond acceptors (Lipinski definition) is 4. The van der Waals surface area contributed by atoms with E-state index in [2.05, 4.69) is 10.3 Å². The average Bonchev–Trinajstić information content (AvgIpc) is 2.56. The van der Waals surface area contributed by atoms with Gasteiger partial charge in [0.25, 0.3) is 5.91 Å². The Morgan fingerprint density at radius 1 is 1.27 bits per heavy atom. The molecular formula is C17H14ClF3N2O3. The Balaban J connectivity index is 1.89. The molecule has 0 saturated heterocycles. The number of benzene rings is 1. The number of ether oxygens (including phenoxy) is 1. The van der Waals surface area contributed by atoms with Crippen molar-refractivity contribution < 1.29 is 27.5 Å². The molecule has 0 aliphatic rings. The van der Waals surface area contributed by atoms with Crippen LogP contribution in [0.15, 0.2) is 36.5 Å². The molecule has 1 N–H and O–H groups in total. The van der Waals surface area contributed by atoms with Crippen LogP contribution in [0.25, 0.3) is 0 Å². The summed E-state index contributed by atoms with van der Waals surface area (Å²) in [5.74, 6) is -1.63. The number of alkyl halides is 3. The summed E-state index contributed by atoms with van der Waals surface area (Å²) in [5.41, 5.74) is 0.644. The van der Waals surface area contributed by atoms with E-state index in [9.17, 15) is 22.8 Å². The largest absolute Gasteiger partial charge is 0.455 e. The highest BCUT2D eigenvalue weighted by molar-refractivity contribution is 6.33. The van der Waals surface area contributed by atoms with Crippen LogP contribution in [0.5, 0.6) is 0 Å². The molecule has 0 aliphatic heterocycles. The molecule has 5 nitrogen and oxygen atoms in total. The minimum Gasteiger partial charge on any atom is -0.455 e. The molecule has 0 spiro atoms. The molecule has 2 rings (SSSR count). The van der Waals surface area contributed by atoms with E-state index in [-0.39, 0.29) is 17.3 Å². The minimum absolute atomic E-state index is 0.000755. The Morgan fingerprint density at radius 3 is 2.58 bits per heavy atom. The Bertz CT molecular complexity index is 825. The molecule has 0 saturated carbocycles. The fourth-order valence-corrected chi connectivity index (χ4v) is 2.23. The molecule has 9 heteroatoms. The maximum atomic E-state index is 12.5. The Labute approximate surface area is 152 Å². The predicted molar refractivity (Wildman–Crippen MR) is 88.7 cm³/mol. The standard InChI is InChI=1S/C17H14ClF3N2O3/c1-10-4-2-3-5-11(10)6-15(25)26-9-14(24)23-16-13(18)7-12(8-22-16)17(19,20)21/h2-5,7-8H,6,9H2,1H3,(H,22,23,24). The molecule has 1 aromatic carbocycles. The summed E-state index contributed by atoms with van der Waals surface area (Å²) in [4.78, 5) is 27.0. The summed E-state index contributed by atoms with van der Waals surface area (Å²) in [6, 6.07) is 7.86. The van der Waals surface area contributed by atoms with Gasteiger partial charge in [0.05, 0.1) is 17.0 Å². The van der Waals surface area contributed by atoms with Crippen LogP contribution in [0, 0.1) is 6.92 Å². The van der Waals surface area contributed by atoms with E-state index in [1.165, 1.54) is 0 Å². The summed E-state index contributed by atoms with van der Waals surface area (Å²) in [7, 11) is 0. The van der Waals surface area contributed by atoms with Crippen LogP contribution in [0.1, 0.15) is 16.7 Å². The number of pyridine rings is 1. The average molecular weight is 387 g/mol. The van der Waals surface area contributed by atoms with Gasteiger partial charge in [0.2, 0.25) is 0 Å². The summed E-state index contributed by atoms with van der Waals surface area (Å²) < 4.78 is 42.5. The zero-order valence-corrected chi connectivity index (χ0v) is 14.3. The van der Waals surface area contributed by atoms with Crippen LogP contribution in [0.4, 0.5) is 19.0 Å². The molecule has 0 aliphatic carbocycles. The minimum atomic E-state index is -4.59. The normalized spacial score (nSPS) is 11.1. The number of anilines is 1. The highest BCUT2D eigenvalue weighted by Crippen LogP contribution is 2.32. The summed E-state index contributed by atoms with van der Waals surface area (Å²) in [5, 5.41) is 1.82. The maximum absolute atomic E-state index is 12.5. The van der Waals surface area contributed by atoms with Gasteiger partial charge in [0, 0.05) is 6.20 Å². The smallest absolute Gasteiger partial charge is 0.417 e. The Morgan fingerprint density at radius 2 is 1.96 bits per heavy atom. The van der Waals surface area contributed by atoms with Gasteiger partial charge >= 0.3 is 12.1 Å². The van der Waals surface area contributed by atoms with E-state index >= 15 is 0 Å². The quantitative estimate of drug-likeness (QED) is 0.794. The molecule has 26 heavy (non-hydrogen) atoms. The Kier molecular flexibility index (Phi) is 6.20. The number of amides is 1. The number of nitrogens with zero attached hydrogens (tertiary/aromatic N) is 1. The van der Waals surface area contributed by atoms with E-state index in [4.69, 9.17) is 16.3 Å². The number of hydrogen-bond donors (Lipinski definition) is 1. The van der Waals surface area contributed by atoms with Crippen LogP contribution in [-0.4, -0.2) is 23.5 Å². The van der Waals surface area contributed by atoms with Crippen molar-refractivity contribution in [1.82, 2.24) is 4.98 Å². The zero-order chi connectivity index (χ0) is 19.3. The van der Waals surface area contributed by atoms with Crippen molar-refractivity contribution in [2.24, 2.45) is 0 Å². The molecule has 0 bridgehead atoms. The number of aryl methyl sites for hydroxylation is 1. The fraction of sp³-hybridized carbons (Fsp3) is 0.235. The lowest BCUT2D eigenvalue weighted by Gasteiger charge is -2.10. The first-order valence-electron chi connectivity index (χ1n) is 7.39. The molecule has 0 fully saturated rings. The molecule has 138 valence electrons. The van der Waals surface area contributed by atoms with Crippen LogP contribution in [0.2, 0.25) is 5.02 Å². The second kappa shape index (κ2) is 8.18. The molecule has 0 radical (unpaired) electrons. The number of carbonyl (C=O) groups excluding carboxylic acids is 2. The lowest BCUT2D eigenvalue weighted by molar-refractivity contribution is -0.146. The van der Waals surface area contributed by atoms with Gasteiger partial charge in [-0.25, -0.2) is 4.98 Å². The van der Waals surface area contributed by atoms with E-state index in [0.29, 0.717) is 12.3 Å². The third-order valence-electron chi connectivity index (χ3n) is 3.39. The zero-order valence-electron chi connectivity index (χ0n) is 13.6. The van der Waals surface area contributed by atoms with Gasteiger partial charge in [0.1, 0.15) is 0 Å². The topological polar surface area (TPSA) is 68.3 Å². The first kappa shape index (κ1) is 19.7. The van der Waals surface area contributed by atoms with Gasteiger partial charge in [-0.2, -0.15) is 13.2 Å². The van der Waals surface area contributed by atoms with Crippen molar-refractivity contribution in [3.63, 3.8) is 0 Å². The Hall–Kier alpha value is -2.61. The number of esters is 1. The second-order valence-electron chi connectivity index (χ2n) is 5.36. The highest BCUT2D eigenvalue weighted by atomic mass is 35.5. The molecule has 1 heterocycles. The van der Waals surface area contributed by atoms with E-state index in [0.717, 1.165) is 11.1 Å².